The van der Waals surface area contributed by atoms with E-state index in [4.69, 9.17) is 40.1 Å². The fourth-order valence-corrected chi connectivity index (χ4v) is 0.942. The molecule has 0 saturated carbocycles. The summed E-state index contributed by atoms with van der Waals surface area (Å²) in [4.78, 5) is 38.4. The number of esters is 1. The van der Waals surface area contributed by atoms with Crippen LogP contribution in [-0.2, 0) is 28.7 Å². The van der Waals surface area contributed by atoms with Crippen LogP contribution in [0.5, 0.6) is 0 Å². The summed E-state index contributed by atoms with van der Waals surface area (Å²) in [7, 11) is 0. The second-order valence-corrected chi connectivity index (χ2v) is 6.29. The fourth-order valence-electron chi connectivity index (χ4n) is 0.942. The Morgan fingerprint density at radius 1 is 0.912 bits per heavy atom. The van der Waals surface area contributed by atoms with Gasteiger partial charge in [0.15, 0.2) is 0 Å². The molecule has 0 aromatic heterocycles. The minimum Gasteiger partial charge on any atom is -0.478 e. The van der Waals surface area contributed by atoms with Gasteiger partial charge < -0.3 is 40.1 Å². The summed E-state index contributed by atoms with van der Waals surface area (Å²) in [6.45, 7) is 16.4. The predicted octanol–water partition coefficient (Wildman–Crippen LogP) is 0.635. The van der Waals surface area contributed by atoms with Crippen LogP contribution in [-0.4, -0.2) is 93.7 Å². The fraction of sp³-hybridized carbons (Fsp3) is 0.455. The molecule has 0 bridgehead atoms. The number of hydrogen-bond donors (Lipinski definition) is 6. The molecule has 1 rings (SSSR count). The van der Waals surface area contributed by atoms with E-state index >= 15 is 0 Å². The molecule has 1 fully saturated rings. The minimum atomic E-state index is -0.981. The Morgan fingerprint density at radius 3 is 1.32 bits per heavy atom. The summed E-state index contributed by atoms with van der Waals surface area (Å²) in [6, 6.07) is 0. The van der Waals surface area contributed by atoms with Gasteiger partial charge in [-0.25, -0.2) is 19.2 Å². The zero-order chi connectivity index (χ0) is 27.7. The molecule has 0 spiro atoms. The van der Waals surface area contributed by atoms with Crippen LogP contribution in [0.1, 0.15) is 20.3 Å². The number of carboxylic acids is 3. The molecule has 0 radical (unpaired) electrons. The van der Waals surface area contributed by atoms with Gasteiger partial charge in [-0.1, -0.05) is 33.2 Å². The monoisotopic (exact) mass is 492 g/mol. The van der Waals surface area contributed by atoms with E-state index < -0.39 is 23.3 Å². The lowest BCUT2D eigenvalue weighted by Gasteiger charge is -2.24. The number of rotatable bonds is 10. The van der Waals surface area contributed by atoms with Crippen LogP contribution in [0, 0.1) is 5.41 Å². The van der Waals surface area contributed by atoms with Crippen LogP contribution in [0.25, 0.3) is 0 Å². The van der Waals surface area contributed by atoms with Gasteiger partial charge in [-0.3, -0.25) is 0 Å². The summed E-state index contributed by atoms with van der Waals surface area (Å²) in [5.74, 6) is -3.28. The van der Waals surface area contributed by atoms with Gasteiger partial charge in [-0.15, -0.1) is 0 Å². The summed E-state index contributed by atoms with van der Waals surface area (Å²) in [5.41, 5.74) is -0.236. The van der Waals surface area contributed by atoms with Gasteiger partial charge in [0.1, 0.15) is 12.7 Å². The highest BCUT2D eigenvalue weighted by atomic mass is 16.6. The molecule has 12 nitrogen and oxygen atoms in total. The van der Waals surface area contributed by atoms with Crippen LogP contribution in [0.2, 0.25) is 0 Å². The van der Waals surface area contributed by atoms with E-state index in [1.54, 1.807) is 6.92 Å². The molecule has 0 aliphatic carbocycles. The van der Waals surface area contributed by atoms with Crippen LogP contribution >= 0.6 is 0 Å². The first-order valence-electron chi connectivity index (χ1n) is 9.59. The maximum Gasteiger partial charge on any atom is 0.333 e. The van der Waals surface area contributed by atoms with Crippen molar-refractivity contribution in [3.05, 3.63) is 50.1 Å². The van der Waals surface area contributed by atoms with E-state index in [1.807, 2.05) is 6.92 Å². The average Bonchev–Trinajstić information content (AvgIpc) is 3.65. The number of aliphatic hydroxyl groups excluding tert-OH is 3. The normalized spacial score (nSPS) is 12.4. The summed E-state index contributed by atoms with van der Waals surface area (Å²) in [5, 5.41) is 48.8. The second kappa shape index (κ2) is 24.3. The van der Waals surface area contributed by atoms with Gasteiger partial charge in [0.05, 0.1) is 26.4 Å². The highest BCUT2D eigenvalue weighted by molar-refractivity contribution is 5.86. The van der Waals surface area contributed by atoms with Gasteiger partial charge >= 0.3 is 23.9 Å². The quantitative estimate of drug-likeness (QED) is 0.141. The molecule has 1 aliphatic rings. The molecule has 1 saturated heterocycles. The number of carboxylic acid groups (broad SMARTS) is 3. The van der Waals surface area contributed by atoms with Crippen molar-refractivity contribution in [1.82, 2.24) is 0 Å². The number of carbonyl (C=O) groups excluding carboxylic acids is 1. The van der Waals surface area contributed by atoms with Crippen molar-refractivity contribution in [2.75, 3.05) is 33.0 Å². The molecule has 1 unspecified atom stereocenters. The highest BCUT2D eigenvalue weighted by Crippen LogP contribution is 2.18. The molecule has 1 aliphatic heterocycles. The molecular weight excluding hydrogens is 456 g/mol. The predicted molar refractivity (Wildman–Crippen MR) is 123 cm³/mol. The number of carbonyl (C=O) groups is 4. The van der Waals surface area contributed by atoms with Crippen molar-refractivity contribution in [2.24, 2.45) is 5.41 Å². The van der Waals surface area contributed by atoms with Crippen LogP contribution in [0.15, 0.2) is 50.1 Å². The first kappa shape index (κ1) is 38.0. The van der Waals surface area contributed by atoms with Crippen molar-refractivity contribution in [3.8, 4) is 0 Å². The Hall–Kier alpha value is -3.32. The molecule has 1 heterocycles. The van der Waals surface area contributed by atoms with E-state index in [0.717, 1.165) is 18.2 Å². The van der Waals surface area contributed by atoms with Crippen molar-refractivity contribution >= 4 is 23.9 Å². The van der Waals surface area contributed by atoms with Gasteiger partial charge in [-0.05, 0) is 13.3 Å². The average molecular weight is 493 g/mol. The summed E-state index contributed by atoms with van der Waals surface area (Å²) < 4.78 is 9.60. The standard InChI is InChI=1S/C7H10O3.C6H14O3.3C3H4O2/c1-5(2)7(8)10-4-6-3-9-6;1-2-6(3-7,4-8)5-9;3*1-2-3(4)5/h6H,1,3-4H2,2H3;7-9H,2-5H2,1H3;3*2H,1H2,(H,4,5). The third-order valence-electron chi connectivity index (χ3n) is 3.43. The van der Waals surface area contributed by atoms with Gasteiger partial charge in [0.25, 0.3) is 0 Å². The number of ether oxygens (including phenoxy) is 2. The summed E-state index contributed by atoms with van der Waals surface area (Å²) >= 11 is 0. The lowest BCUT2D eigenvalue weighted by atomic mass is 9.88. The molecule has 6 N–H and O–H groups in total. The third-order valence-corrected chi connectivity index (χ3v) is 3.43. The Labute approximate surface area is 198 Å². The maximum atomic E-state index is 10.7. The molecule has 0 aromatic rings. The van der Waals surface area contributed by atoms with E-state index in [-0.39, 0.29) is 31.9 Å². The Bertz CT molecular complexity index is 586. The second-order valence-electron chi connectivity index (χ2n) is 6.29. The molecule has 34 heavy (non-hydrogen) atoms. The molecule has 0 aromatic carbocycles. The highest BCUT2D eigenvalue weighted by Gasteiger charge is 2.25. The largest absolute Gasteiger partial charge is 0.478 e. The van der Waals surface area contributed by atoms with Gasteiger partial charge in [0, 0.05) is 29.2 Å². The van der Waals surface area contributed by atoms with Crippen molar-refractivity contribution in [3.63, 3.8) is 0 Å². The van der Waals surface area contributed by atoms with Crippen LogP contribution < -0.4 is 0 Å². The van der Waals surface area contributed by atoms with Gasteiger partial charge in [-0.2, -0.15) is 0 Å². The van der Waals surface area contributed by atoms with Crippen LogP contribution in [0.4, 0.5) is 0 Å². The smallest absolute Gasteiger partial charge is 0.333 e. The Morgan fingerprint density at radius 2 is 1.21 bits per heavy atom. The van der Waals surface area contributed by atoms with E-state index in [0.29, 0.717) is 25.2 Å². The van der Waals surface area contributed by atoms with Crippen molar-refractivity contribution < 1.29 is 59.3 Å². The van der Waals surface area contributed by atoms with Crippen LogP contribution in [0.3, 0.4) is 0 Å². The molecule has 0 amide bonds. The molecular formula is C22H36O12. The van der Waals surface area contributed by atoms with Crippen molar-refractivity contribution in [1.29, 1.82) is 0 Å². The zero-order valence-electron chi connectivity index (χ0n) is 19.5. The van der Waals surface area contributed by atoms with E-state index in [2.05, 4.69) is 26.3 Å². The molecule has 1 atom stereocenters. The lowest BCUT2D eigenvalue weighted by Crippen LogP contribution is -2.32. The van der Waals surface area contributed by atoms with Gasteiger partial charge in [0.2, 0.25) is 0 Å². The van der Waals surface area contributed by atoms with E-state index in [1.165, 1.54) is 0 Å². The lowest BCUT2D eigenvalue weighted by molar-refractivity contribution is -0.139. The number of aliphatic carboxylic acids is 3. The molecule has 12 heteroatoms. The first-order chi connectivity index (χ1) is 15.8. The zero-order valence-corrected chi connectivity index (χ0v) is 19.5. The number of hydrogen-bond acceptors (Lipinski definition) is 9. The SMILES string of the molecule is C=C(C)C(=O)OCC1CO1.C=CC(=O)O.C=CC(=O)O.C=CC(=O)O.CCC(CO)(CO)CO. The number of aliphatic hydroxyl groups is 3. The Balaban J connectivity index is -0.000000173. The third kappa shape index (κ3) is 30.9. The minimum absolute atomic E-state index is 0.142. The van der Waals surface area contributed by atoms with Crippen molar-refractivity contribution in [2.45, 2.75) is 26.4 Å². The Kier molecular flexibility index (Phi) is 27.2. The topological polar surface area (TPSA) is 211 Å². The molecule has 196 valence electrons. The number of epoxide rings is 1. The maximum absolute atomic E-state index is 10.7. The first-order valence-corrected chi connectivity index (χ1v) is 9.59. The van der Waals surface area contributed by atoms with E-state index in [9.17, 15) is 19.2 Å². The summed E-state index contributed by atoms with van der Waals surface area (Å²) in [6.07, 6.45) is 3.24.